The van der Waals surface area contributed by atoms with Gasteiger partial charge in [-0.3, -0.25) is 0 Å². The van der Waals surface area contributed by atoms with E-state index in [0.29, 0.717) is 5.56 Å². The zero-order valence-electron chi connectivity index (χ0n) is 27.3. The number of methoxy groups -OCH3 is 1. The van der Waals surface area contributed by atoms with Crippen molar-refractivity contribution < 1.29 is 14.3 Å². The molecule has 1 saturated heterocycles. The Balaban J connectivity index is 1.57. The van der Waals surface area contributed by atoms with Crippen LogP contribution in [0.25, 0.3) is 28.0 Å². The Morgan fingerprint density at radius 1 is 1.00 bits per heavy atom. The van der Waals surface area contributed by atoms with Gasteiger partial charge in [0.1, 0.15) is 5.82 Å². The largest absolute Gasteiger partial charge is 0.467 e. The summed E-state index contributed by atoms with van der Waals surface area (Å²) in [4.78, 5) is 20.7. The minimum absolute atomic E-state index is 0.0653. The SMILES string of the molecule is COC(=O)C(OC(C)(C)C)c1c(C)nc2cc3nn2c1N1CCC(C)(C=CC=CCCc2ccccc2-c2cccc-3c2)CC1. The van der Waals surface area contributed by atoms with Crippen LogP contribution in [-0.4, -0.2) is 46.4 Å². The van der Waals surface area contributed by atoms with E-state index >= 15 is 0 Å². The van der Waals surface area contributed by atoms with E-state index in [-0.39, 0.29) is 5.41 Å². The summed E-state index contributed by atoms with van der Waals surface area (Å²) in [7, 11) is 1.41. The minimum Gasteiger partial charge on any atom is -0.467 e. The van der Waals surface area contributed by atoms with Gasteiger partial charge in [0.15, 0.2) is 11.8 Å². The van der Waals surface area contributed by atoms with Crippen LogP contribution in [0.1, 0.15) is 69.9 Å². The predicted molar refractivity (Wildman–Crippen MR) is 180 cm³/mol. The average Bonchev–Trinajstić information content (AvgIpc) is 3.44. The van der Waals surface area contributed by atoms with E-state index in [1.165, 1.54) is 18.2 Å². The van der Waals surface area contributed by atoms with Crippen LogP contribution in [-0.2, 0) is 20.7 Å². The molecule has 3 aliphatic heterocycles. The molecule has 2 aromatic heterocycles. The molecule has 7 nitrogen and oxygen atoms in total. The predicted octanol–water partition coefficient (Wildman–Crippen LogP) is 8.07. The summed E-state index contributed by atoms with van der Waals surface area (Å²) in [5.74, 6) is 0.394. The fraction of sp³-hybridized carbons (Fsp3) is 0.395. The highest BCUT2D eigenvalue weighted by Gasteiger charge is 2.37. The molecule has 234 valence electrons. The molecule has 7 heteroatoms. The van der Waals surface area contributed by atoms with Crippen molar-refractivity contribution in [3.8, 4) is 22.4 Å². The Morgan fingerprint density at radius 2 is 1.76 bits per heavy atom. The molecule has 4 aromatic rings. The maximum atomic E-state index is 13.4. The smallest absolute Gasteiger partial charge is 0.339 e. The molecule has 0 aliphatic carbocycles. The van der Waals surface area contributed by atoms with Gasteiger partial charge in [0.25, 0.3) is 0 Å². The molecular weight excluding hydrogens is 560 g/mol. The number of piperidine rings is 1. The second-order valence-electron chi connectivity index (χ2n) is 13.6. The lowest BCUT2D eigenvalue weighted by Gasteiger charge is -2.40. The first-order chi connectivity index (χ1) is 21.5. The Bertz CT molecular complexity index is 1770. The second kappa shape index (κ2) is 12.3. The summed E-state index contributed by atoms with van der Waals surface area (Å²) in [5, 5.41) is 5.18. The number of ether oxygens (including phenoxy) is 2. The van der Waals surface area contributed by atoms with E-state index in [1.54, 1.807) is 0 Å². The summed E-state index contributed by atoms with van der Waals surface area (Å²) >= 11 is 0. The number of anilines is 1. The number of benzene rings is 2. The van der Waals surface area contributed by atoms with E-state index in [0.717, 1.165) is 72.8 Å². The molecule has 0 amide bonds. The molecule has 7 rings (SSSR count). The van der Waals surface area contributed by atoms with Crippen molar-refractivity contribution in [3.63, 3.8) is 0 Å². The summed E-state index contributed by atoms with van der Waals surface area (Å²) in [6.45, 7) is 11.7. The molecule has 1 fully saturated rings. The Labute approximate surface area is 266 Å². The average molecular weight is 605 g/mol. The molecule has 1 atom stereocenters. The number of esters is 1. The van der Waals surface area contributed by atoms with Crippen molar-refractivity contribution in [1.29, 1.82) is 0 Å². The number of aryl methyl sites for hydroxylation is 2. The number of carbonyl (C=O) groups excluding carboxylic acids is 1. The number of hydrogen-bond acceptors (Lipinski definition) is 6. The van der Waals surface area contributed by atoms with Crippen LogP contribution in [0.3, 0.4) is 0 Å². The van der Waals surface area contributed by atoms with Crippen molar-refractivity contribution in [2.24, 2.45) is 5.41 Å². The lowest BCUT2D eigenvalue weighted by Crippen LogP contribution is -2.40. The zero-order valence-corrected chi connectivity index (χ0v) is 27.3. The molecule has 6 bridgehead atoms. The molecule has 2 aromatic carbocycles. The van der Waals surface area contributed by atoms with Crippen LogP contribution in [0.15, 0.2) is 78.9 Å². The van der Waals surface area contributed by atoms with Gasteiger partial charge in [-0.2, -0.15) is 9.61 Å². The van der Waals surface area contributed by atoms with Crippen molar-refractivity contribution in [1.82, 2.24) is 14.6 Å². The Morgan fingerprint density at radius 3 is 2.51 bits per heavy atom. The number of allylic oxidation sites excluding steroid dienone is 4. The lowest BCUT2D eigenvalue weighted by atomic mass is 9.80. The van der Waals surface area contributed by atoms with E-state index in [9.17, 15) is 4.79 Å². The number of rotatable bonds is 3. The first-order valence-electron chi connectivity index (χ1n) is 16.0. The van der Waals surface area contributed by atoms with Crippen molar-refractivity contribution in [2.45, 2.75) is 72.0 Å². The quantitative estimate of drug-likeness (QED) is 0.220. The Kier molecular flexibility index (Phi) is 8.40. The molecular formula is C38H44N4O3. The first-order valence-corrected chi connectivity index (χ1v) is 16.0. The number of aromatic nitrogens is 3. The Hall–Kier alpha value is -4.23. The minimum atomic E-state index is -0.950. The fourth-order valence-corrected chi connectivity index (χ4v) is 6.52. The third kappa shape index (κ3) is 6.45. The maximum Gasteiger partial charge on any atom is 0.339 e. The number of fused-ring (bicyclic) bond motifs is 5. The van der Waals surface area contributed by atoms with Crippen LogP contribution in [0.4, 0.5) is 5.82 Å². The van der Waals surface area contributed by atoms with Crippen molar-refractivity contribution in [3.05, 3.63) is 95.7 Å². The van der Waals surface area contributed by atoms with E-state index < -0.39 is 17.7 Å². The van der Waals surface area contributed by atoms with Crippen LogP contribution < -0.4 is 4.90 Å². The van der Waals surface area contributed by atoms with Crippen LogP contribution in [0, 0.1) is 12.3 Å². The third-order valence-corrected chi connectivity index (χ3v) is 8.97. The molecule has 1 unspecified atom stereocenters. The van der Waals surface area contributed by atoms with Gasteiger partial charge in [0, 0.05) is 30.4 Å². The molecule has 0 saturated carbocycles. The highest BCUT2D eigenvalue weighted by atomic mass is 16.6. The second-order valence-corrected chi connectivity index (χ2v) is 13.6. The molecule has 5 heterocycles. The third-order valence-electron chi connectivity index (χ3n) is 8.97. The summed E-state index contributed by atoms with van der Waals surface area (Å²) in [6, 6.07) is 19.3. The van der Waals surface area contributed by atoms with Crippen molar-refractivity contribution >= 4 is 17.4 Å². The van der Waals surface area contributed by atoms with Gasteiger partial charge < -0.3 is 14.4 Å². The fourth-order valence-electron chi connectivity index (χ4n) is 6.52. The van der Waals surface area contributed by atoms with Gasteiger partial charge in [-0.1, -0.05) is 73.7 Å². The van der Waals surface area contributed by atoms with Gasteiger partial charge in [-0.15, -0.1) is 0 Å². The molecule has 0 N–H and O–H groups in total. The summed E-state index contributed by atoms with van der Waals surface area (Å²) in [6.07, 6.45) is 12.0. The molecule has 3 aliphatic rings. The summed E-state index contributed by atoms with van der Waals surface area (Å²) < 4.78 is 13.6. The van der Waals surface area contributed by atoms with Gasteiger partial charge in [0.2, 0.25) is 0 Å². The standard InChI is InChI=1S/C38H44N4O3/c1-26-33(34(36(43)44-6)45-37(2,3)4)35-41-22-20-38(5,21-23-41)19-12-8-7-9-14-27-15-10-11-18-30(27)28-16-13-17-29(24-28)31-25-32(39-26)42(35)40-31/h7-8,10-13,15-19,24-25,34H,9,14,20-23H2,1-6H3. The van der Waals surface area contributed by atoms with Gasteiger partial charge >= 0.3 is 5.97 Å². The maximum absolute atomic E-state index is 13.4. The van der Waals surface area contributed by atoms with E-state index in [2.05, 4.69) is 84.7 Å². The van der Waals surface area contributed by atoms with E-state index in [1.807, 2.05) is 38.3 Å². The number of hydrogen-bond donors (Lipinski definition) is 0. The van der Waals surface area contributed by atoms with Crippen LogP contribution in [0.5, 0.6) is 0 Å². The topological polar surface area (TPSA) is 69.0 Å². The van der Waals surface area contributed by atoms with Gasteiger partial charge in [-0.25, -0.2) is 9.78 Å². The monoisotopic (exact) mass is 604 g/mol. The van der Waals surface area contributed by atoms with Crippen LogP contribution >= 0.6 is 0 Å². The number of nitrogens with zero attached hydrogens (tertiary/aromatic N) is 4. The summed E-state index contributed by atoms with van der Waals surface area (Å²) in [5.41, 5.74) is 7.21. The normalized spacial score (nSPS) is 17.1. The zero-order chi connectivity index (χ0) is 31.8. The van der Waals surface area contributed by atoms with Gasteiger partial charge in [-0.05, 0) is 81.5 Å². The highest BCUT2D eigenvalue weighted by Crippen LogP contribution is 2.40. The van der Waals surface area contributed by atoms with Crippen molar-refractivity contribution in [2.75, 3.05) is 25.1 Å². The highest BCUT2D eigenvalue weighted by molar-refractivity contribution is 5.81. The van der Waals surface area contributed by atoms with Crippen LogP contribution in [0.2, 0.25) is 0 Å². The molecule has 45 heavy (non-hydrogen) atoms. The lowest BCUT2D eigenvalue weighted by molar-refractivity contribution is -0.164. The van der Waals surface area contributed by atoms with Gasteiger partial charge in [0.05, 0.1) is 24.0 Å². The molecule has 0 radical (unpaired) electrons. The molecule has 0 spiro atoms. The first kappa shape index (κ1) is 30.8. The van der Waals surface area contributed by atoms with E-state index in [4.69, 9.17) is 19.6 Å². The number of carbonyl (C=O) groups is 1.